The zero-order chi connectivity index (χ0) is 11.5. The number of aliphatic carboxylic acids is 1. The number of hydrogen-bond donors (Lipinski definition) is 1. The fourth-order valence-corrected chi connectivity index (χ4v) is 2.15. The Kier molecular flexibility index (Phi) is 3.25. The van der Waals surface area contributed by atoms with Gasteiger partial charge in [0.1, 0.15) is 0 Å². The minimum atomic E-state index is -0.663. The van der Waals surface area contributed by atoms with Gasteiger partial charge in [-0.15, -0.1) is 0 Å². The van der Waals surface area contributed by atoms with E-state index in [4.69, 9.17) is 5.11 Å². The number of hydrogen-bond acceptors (Lipinski definition) is 2. The maximum Gasteiger partial charge on any atom is 0.309 e. The highest BCUT2D eigenvalue weighted by Crippen LogP contribution is 2.22. The Hall–Kier alpha value is -1.35. The topological polar surface area (TPSA) is 40.5 Å². The maximum absolute atomic E-state index is 10.7. The summed E-state index contributed by atoms with van der Waals surface area (Å²) in [6, 6.07) is 10.3. The van der Waals surface area contributed by atoms with E-state index in [2.05, 4.69) is 24.0 Å². The summed E-state index contributed by atoms with van der Waals surface area (Å²) in [7, 11) is 0. The van der Waals surface area contributed by atoms with Crippen molar-refractivity contribution in [1.82, 2.24) is 4.90 Å². The second kappa shape index (κ2) is 4.66. The summed E-state index contributed by atoms with van der Waals surface area (Å²) in [4.78, 5) is 12.9. The molecule has 86 valence electrons. The lowest BCUT2D eigenvalue weighted by Crippen LogP contribution is -2.51. The number of likely N-dealkylation sites (tertiary alicyclic amines) is 1. The first-order valence-corrected chi connectivity index (χ1v) is 5.67. The molecule has 3 heteroatoms. The molecule has 0 amide bonds. The van der Waals surface area contributed by atoms with Gasteiger partial charge in [-0.25, -0.2) is 0 Å². The zero-order valence-electron chi connectivity index (χ0n) is 9.47. The summed E-state index contributed by atoms with van der Waals surface area (Å²) < 4.78 is 0. The quantitative estimate of drug-likeness (QED) is 0.839. The van der Waals surface area contributed by atoms with Gasteiger partial charge < -0.3 is 10.0 Å². The van der Waals surface area contributed by atoms with Gasteiger partial charge in [0.2, 0.25) is 0 Å². The van der Waals surface area contributed by atoms with Crippen LogP contribution >= 0.6 is 0 Å². The summed E-state index contributed by atoms with van der Waals surface area (Å²) >= 11 is 0. The van der Waals surface area contributed by atoms with Crippen LogP contribution in [0.3, 0.4) is 0 Å². The average molecular weight is 219 g/mol. The second-order valence-electron chi connectivity index (χ2n) is 4.57. The minimum Gasteiger partial charge on any atom is -0.481 e. The molecule has 1 fully saturated rings. The number of benzene rings is 1. The molecule has 16 heavy (non-hydrogen) atoms. The van der Waals surface area contributed by atoms with Crippen LogP contribution in [-0.4, -0.2) is 35.6 Å². The predicted molar refractivity (Wildman–Crippen MR) is 62.4 cm³/mol. The fraction of sp³-hybridized carbons (Fsp3) is 0.462. The van der Waals surface area contributed by atoms with Crippen molar-refractivity contribution in [3.8, 4) is 0 Å². The van der Waals surface area contributed by atoms with E-state index in [1.165, 1.54) is 5.56 Å². The molecule has 1 atom stereocenters. The van der Waals surface area contributed by atoms with E-state index in [0.717, 1.165) is 6.54 Å². The van der Waals surface area contributed by atoms with Crippen LogP contribution in [0, 0.1) is 5.92 Å². The van der Waals surface area contributed by atoms with Gasteiger partial charge in [-0.1, -0.05) is 37.3 Å². The molecule has 0 aliphatic carbocycles. The van der Waals surface area contributed by atoms with Crippen LogP contribution in [-0.2, 0) is 4.79 Å². The van der Waals surface area contributed by atoms with Crippen molar-refractivity contribution in [2.45, 2.75) is 12.8 Å². The van der Waals surface area contributed by atoms with Crippen LogP contribution < -0.4 is 0 Å². The number of rotatable bonds is 4. The van der Waals surface area contributed by atoms with Crippen molar-refractivity contribution in [2.24, 2.45) is 5.92 Å². The maximum atomic E-state index is 10.7. The first-order valence-electron chi connectivity index (χ1n) is 5.67. The minimum absolute atomic E-state index is 0.150. The van der Waals surface area contributed by atoms with Crippen molar-refractivity contribution >= 4 is 5.97 Å². The predicted octanol–water partition coefficient (Wildman–Crippen LogP) is 1.81. The Balaban J connectivity index is 1.82. The van der Waals surface area contributed by atoms with E-state index in [-0.39, 0.29) is 5.92 Å². The van der Waals surface area contributed by atoms with Crippen molar-refractivity contribution < 1.29 is 9.90 Å². The lowest BCUT2D eigenvalue weighted by molar-refractivity contribution is -0.147. The van der Waals surface area contributed by atoms with Crippen LogP contribution in [0.5, 0.6) is 0 Å². The summed E-state index contributed by atoms with van der Waals surface area (Å²) in [5, 5.41) is 8.78. The number of nitrogens with zero attached hydrogens (tertiary/aromatic N) is 1. The van der Waals surface area contributed by atoms with Crippen molar-refractivity contribution in [1.29, 1.82) is 0 Å². The zero-order valence-corrected chi connectivity index (χ0v) is 9.47. The van der Waals surface area contributed by atoms with Gasteiger partial charge in [0, 0.05) is 19.6 Å². The standard InChI is InChI=1S/C13H17NO2/c1-10(11-5-3-2-4-6-11)7-14-8-12(9-14)13(15)16/h2-6,10,12H,7-9H2,1H3,(H,15,16)/t10-/m1/s1. The van der Waals surface area contributed by atoms with Gasteiger partial charge in [-0.2, -0.15) is 0 Å². The highest BCUT2D eigenvalue weighted by molar-refractivity contribution is 5.71. The molecule has 1 aromatic rings. The monoisotopic (exact) mass is 219 g/mol. The van der Waals surface area contributed by atoms with Gasteiger partial charge in [0.05, 0.1) is 5.92 Å². The lowest BCUT2D eigenvalue weighted by atomic mass is 9.95. The van der Waals surface area contributed by atoms with E-state index in [1.54, 1.807) is 0 Å². The summed E-state index contributed by atoms with van der Waals surface area (Å²) in [6.07, 6.45) is 0. The third-order valence-corrected chi connectivity index (χ3v) is 3.21. The third-order valence-electron chi connectivity index (χ3n) is 3.21. The molecule has 1 aliphatic rings. The molecule has 1 N–H and O–H groups in total. The van der Waals surface area contributed by atoms with E-state index >= 15 is 0 Å². The molecular formula is C13H17NO2. The Labute approximate surface area is 95.7 Å². The Morgan fingerprint density at radius 3 is 2.62 bits per heavy atom. The van der Waals surface area contributed by atoms with E-state index in [0.29, 0.717) is 19.0 Å². The SMILES string of the molecule is C[C@H](CN1CC(C(=O)O)C1)c1ccccc1. The largest absolute Gasteiger partial charge is 0.481 e. The Bertz CT molecular complexity index is 357. The van der Waals surface area contributed by atoms with Gasteiger partial charge in [-0.05, 0) is 11.5 Å². The highest BCUT2D eigenvalue weighted by Gasteiger charge is 2.32. The van der Waals surface area contributed by atoms with Gasteiger partial charge in [0.15, 0.2) is 0 Å². The van der Waals surface area contributed by atoms with Crippen LogP contribution in [0.1, 0.15) is 18.4 Å². The van der Waals surface area contributed by atoms with E-state index in [9.17, 15) is 4.79 Å². The van der Waals surface area contributed by atoms with Gasteiger partial charge >= 0.3 is 5.97 Å². The molecular weight excluding hydrogens is 202 g/mol. The lowest BCUT2D eigenvalue weighted by Gasteiger charge is -2.38. The number of carboxylic acids is 1. The molecule has 0 aromatic heterocycles. The summed E-state index contributed by atoms with van der Waals surface area (Å²) in [6.45, 7) is 4.54. The average Bonchev–Trinajstić information content (AvgIpc) is 2.23. The second-order valence-corrected chi connectivity index (χ2v) is 4.57. The highest BCUT2D eigenvalue weighted by atomic mass is 16.4. The van der Waals surface area contributed by atoms with Crippen molar-refractivity contribution in [3.63, 3.8) is 0 Å². The number of carboxylic acid groups (broad SMARTS) is 1. The molecule has 0 unspecified atom stereocenters. The molecule has 0 radical (unpaired) electrons. The molecule has 0 bridgehead atoms. The normalized spacial score (nSPS) is 19.1. The molecule has 1 heterocycles. The Morgan fingerprint density at radius 2 is 2.06 bits per heavy atom. The first kappa shape index (κ1) is 11.1. The van der Waals surface area contributed by atoms with Crippen LogP contribution in [0.4, 0.5) is 0 Å². The third kappa shape index (κ3) is 2.42. The molecule has 2 rings (SSSR count). The Morgan fingerprint density at radius 1 is 1.44 bits per heavy atom. The molecule has 0 spiro atoms. The molecule has 1 saturated heterocycles. The van der Waals surface area contributed by atoms with Crippen LogP contribution in [0.25, 0.3) is 0 Å². The van der Waals surface area contributed by atoms with Crippen LogP contribution in [0.2, 0.25) is 0 Å². The van der Waals surface area contributed by atoms with E-state index in [1.807, 2.05) is 18.2 Å². The number of carbonyl (C=O) groups is 1. The van der Waals surface area contributed by atoms with Gasteiger partial charge in [0.25, 0.3) is 0 Å². The van der Waals surface area contributed by atoms with Gasteiger partial charge in [-0.3, -0.25) is 4.79 Å². The van der Waals surface area contributed by atoms with Crippen molar-refractivity contribution in [3.05, 3.63) is 35.9 Å². The molecule has 1 aromatic carbocycles. The van der Waals surface area contributed by atoms with E-state index < -0.39 is 5.97 Å². The summed E-state index contributed by atoms with van der Waals surface area (Å²) in [5.41, 5.74) is 1.32. The van der Waals surface area contributed by atoms with Crippen LogP contribution in [0.15, 0.2) is 30.3 Å². The van der Waals surface area contributed by atoms with Crippen molar-refractivity contribution in [2.75, 3.05) is 19.6 Å². The molecule has 3 nitrogen and oxygen atoms in total. The summed E-state index contributed by atoms with van der Waals surface area (Å²) in [5.74, 6) is -0.345. The first-order chi connectivity index (χ1) is 7.66. The molecule has 1 aliphatic heterocycles. The fourth-order valence-electron chi connectivity index (χ4n) is 2.15. The smallest absolute Gasteiger partial charge is 0.309 e. The molecule has 0 saturated carbocycles.